The maximum Gasteiger partial charge on any atom is 0.233 e. The van der Waals surface area contributed by atoms with E-state index in [1.807, 2.05) is 18.2 Å². The van der Waals surface area contributed by atoms with Gasteiger partial charge >= 0.3 is 0 Å². The summed E-state index contributed by atoms with van der Waals surface area (Å²) in [6, 6.07) is 8.04. The normalized spacial score (nSPS) is 35.2. The summed E-state index contributed by atoms with van der Waals surface area (Å²) in [5.41, 5.74) is 0.952. The van der Waals surface area contributed by atoms with E-state index < -0.39 is 11.0 Å². The smallest absolute Gasteiger partial charge is 0.233 e. The van der Waals surface area contributed by atoms with Gasteiger partial charge in [-0.2, -0.15) is 0 Å². The number of nitrogens with one attached hydrogen (secondary N) is 1. The van der Waals surface area contributed by atoms with Crippen molar-refractivity contribution in [2.45, 2.75) is 64.0 Å². The fourth-order valence-electron chi connectivity index (χ4n) is 6.33. The number of benzene rings is 1. The summed E-state index contributed by atoms with van der Waals surface area (Å²) in [4.78, 5) is 18.1. The van der Waals surface area contributed by atoms with Crippen molar-refractivity contribution < 1.29 is 9.90 Å². The number of aryl methyl sites for hydroxylation is 1. The Morgan fingerprint density at radius 3 is 2.69 bits per heavy atom. The summed E-state index contributed by atoms with van der Waals surface area (Å²) in [5.74, 6) is 1.72. The number of carbonyl (C=O) groups excluding carboxylic acids is 1. The zero-order valence-electron chi connectivity index (χ0n) is 15.4. The van der Waals surface area contributed by atoms with Gasteiger partial charge in [-0.1, -0.05) is 19.1 Å². The molecule has 26 heavy (non-hydrogen) atoms. The number of imidazole rings is 1. The molecule has 4 aliphatic carbocycles. The number of carbonyl (C=O) groups is 1. The number of anilines is 1. The number of rotatable bonds is 4. The van der Waals surface area contributed by atoms with Gasteiger partial charge in [0.15, 0.2) is 0 Å². The fraction of sp³-hybridized carbons (Fsp3) is 0.619. The molecule has 0 unspecified atom stereocenters. The van der Waals surface area contributed by atoms with E-state index in [0.29, 0.717) is 24.2 Å². The summed E-state index contributed by atoms with van der Waals surface area (Å²) in [5, 5.41) is 14.1. The van der Waals surface area contributed by atoms with E-state index in [9.17, 15) is 9.90 Å². The second kappa shape index (κ2) is 5.56. The molecule has 0 radical (unpaired) electrons. The first-order valence-corrected chi connectivity index (χ1v) is 9.99. The molecule has 0 spiro atoms. The van der Waals surface area contributed by atoms with E-state index in [-0.39, 0.29) is 5.91 Å². The Labute approximate surface area is 153 Å². The van der Waals surface area contributed by atoms with Crippen LogP contribution in [-0.2, 0) is 11.3 Å². The highest BCUT2D eigenvalue weighted by atomic mass is 16.3. The maximum atomic E-state index is 13.4. The second-order valence-corrected chi connectivity index (χ2v) is 9.00. The van der Waals surface area contributed by atoms with Crippen LogP contribution in [0.5, 0.6) is 0 Å². The Kier molecular flexibility index (Phi) is 3.48. The lowest BCUT2D eigenvalue weighted by Crippen LogP contribution is -2.59. The Bertz CT molecular complexity index is 857. The molecule has 2 aromatic rings. The molecule has 5 nitrogen and oxygen atoms in total. The summed E-state index contributed by atoms with van der Waals surface area (Å²) >= 11 is 0. The minimum absolute atomic E-state index is 0.0673. The van der Waals surface area contributed by atoms with E-state index >= 15 is 0 Å². The van der Waals surface area contributed by atoms with Crippen LogP contribution in [-0.4, -0.2) is 26.2 Å². The number of amides is 1. The number of hydrogen-bond acceptors (Lipinski definition) is 3. The van der Waals surface area contributed by atoms with Crippen LogP contribution in [0.2, 0.25) is 0 Å². The summed E-state index contributed by atoms with van der Waals surface area (Å²) in [7, 11) is 0. The quantitative estimate of drug-likeness (QED) is 0.880. The molecule has 5 heteroatoms. The van der Waals surface area contributed by atoms with Gasteiger partial charge in [-0.25, -0.2) is 4.98 Å². The third kappa shape index (κ3) is 2.40. The topological polar surface area (TPSA) is 67.2 Å². The Hall–Kier alpha value is -1.88. The zero-order chi connectivity index (χ0) is 17.9. The molecule has 4 fully saturated rings. The lowest BCUT2D eigenvalue weighted by Gasteiger charge is -2.59. The van der Waals surface area contributed by atoms with Crippen LogP contribution in [0.3, 0.4) is 0 Å². The van der Waals surface area contributed by atoms with Crippen molar-refractivity contribution in [1.82, 2.24) is 9.55 Å². The van der Waals surface area contributed by atoms with Gasteiger partial charge in [0.25, 0.3) is 0 Å². The number of fused-ring (bicyclic) bond motifs is 1. The number of aliphatic hydroxyl groups is 1. The second-order valence-electron chi connectivity index (χ2n) is 9.00. The monoisotopic (exact) mass is 353 g/mol. The highest BCUT2D eigenvalue weighted by Gasteiger charge is 2.60. The highest BCUT2D eigenvalue weighted by molar-refractivity contribution is 5.96. The molecule has 2 atom stereocenters. The molecule has 4 bridgehead atoms. The fourth-order valence-corrected chi connectivity index (χ4v) is 6.33. The molecule has 4 saturated carbocycles. The molecule has 138 valence electrons. The van der Waals surface area contributed by atoms with Crippen molar-refractivity contribution >= 4 is 22.9 Å². The van der Waals surface area contributed by atoms with Gasteiger partial charge in [0.1, 0.15) is 0 Å². The molecular weight excluding hydrogens is 326 g/mol. The number of para-hydroxylation sites is 2. The summed E-state index contributed by atoms with van der Waals surface area (Å²) in [6.07, 6.45) is 6.40. The van der Waals surface area contributed by atoms with Crippen molar-refractivity contribution in [2.24, 2.45) is 17.3 Å². The average molecular weight is 353 g/mol. The van der Waals surface area contributed by atoms with Gasteiger partial charge in [0.2, 0.25) is 11.9 Å². The van der Waals surface area contributed by atoms with Gasteiger partial charge in [-0.05, 0) is 68.9 Å². The molecular formula is C21H27N3O2. The van der Waals surface area contributed by atoms with E-state index in [1.54, 1.807) is 0 Å². The molecule has 1 aromatic carbocycles. The minimum Gasteiger partial charge on any atom is -0.390 e. The SMILES string of the molecule is CCCn1c(NC(=O)C23C[C@H]4C[C@@H](CC(O)(C4)C2)C3)nc2ccccc21. The van der Waals surface area contributed by atoms with Crippen molar-refractivity contribution in [3.8, 4) is 0 Å². The van der Waals surface area contributed by atoms with Crippen molar-refractivity contribution in [3.63, 3.8) is 0 Å². The predicted molar refractivity (Wildman–Crippen MR) is 101 cm³/mol. The van der Waals surface area contributed by atoms with Gasteiger partial charge in [-0.15, -0.1) is 0 Å². The first-order valence-electron chi connectivity index (χ1n) is 9.99. The zero-order valence-corrected chi connectivity index (χ0v) is 15.4. The molecule has 0 aliphatic heterocycles. The van der Waals surface area contributed by atoms with Crippen LogP contribution in [0, 0.1) is 17.3 Å². The molecule has 6 rings (SSSR count). The van der Waals surface area contributed by atoms with Crippen LogP contribution < -0.4 is 5.32 Å². The first-order chi connectivity index (χ1) is 12.5. The van der Waals surface area contributed by atoms with Gasteiger partial charge in [-0.3, -0.25) is 10.1 Å². The minimum atomic E-state index is -0.620. The molecule has 1 amide bonds. The van der Waals surface area contributed by atoms with Crippen molar-refractivity contribution in [1.29, 1.82) is 0 Å². The Morgan fingerprint density at radius 1 is 1.27 bits per heavy atom. The molecule has 1 heterocycles. The molecule has 2 N–H and O–H groups in total. The van der Waals surface area contributed by atoms with Crippen molar-refractivity contribution in [2.75, 3.05) is 5.32 Å². The lowest BCUT2D eigenvalue weighted by atomic mass is 9.47. The van der Waals surface area contributed by atoms with Crippen molar-refractivity contribution in [3.05, 3.63) is 24.3 Å². The Morgan fingerprint density at radius 2 is 2.00 bits per heavy atom. The van der Waals surface area contributed by atoms with Crippen LogP contribution in [0.4, 0.5) is 5.95 Å². The van der Waals surface area contributed by atoms with Crippen LogP contribution >= 0.6 is 0 Å². The molecule has 0 saturated heterocycles. The number of hydrogen-bond donors (Lipinski definition) is 2. The molecule has 1 aromatic heterocycles. The van der Waals surface area contributed by atoms with E-state index in [4.69, 9.17) is 0 Å². The third-order valence-electron chi connectivity index (χ3n) is 6.84. The number of aromatic nitrogens is 2. The van der Waals surface area contributed by atoms with E-state index in [2.05, 4.69) is 27.9 Å². The average Bonchev–Trinajstić information content (AvgIpc) is 2.91. The van der Waals surface area contributed by atoms with Crippen LogP contribution in [0.25, 0.3) is 11.0 Å². The first kappa shape index (κ1) is 16.3. The third-order valence-corrected chi connectivity index (χ3v) is 6.84. The predicted octanol–water partition coefficient (Wildman–Crippen LogP) is 3.72. The van der Waals surface area contributed by atoms with E-state index in [0.717, 1.165) is 49.7 Å². The van der Waals surface area contributed by atoms with E-state index in [1.165, 1.54) is 6.42 Å². The molecule has 4 aliphatic rings. The van der Waals surface area contributed by atoms with Gasteiger partial charge in [0, 0.05) is 6.54 Å². The maximum absolute atomic E-state index is 13.4. The van der Waals surface area contributed by atoms with Gasteiger partial charge < -0.3 is 9.67 Å². The van der Waals surface area contributed by atoms with Crippen LogP contribution in [0.15, 0.2) is 24.3 Å². The summed E-state index contributed by atoms with van der Waals surface area (Å²) < 4.78 is 2.11. The van der Waals surface area contributed by atoms with Gasteiger partial charge in [0.05, 0.1) is 22.0 Å². The Balaban J connectivity index is 1.47. The number of nitrogens with zero attached hydrogens (tertiary/aromatic N) is 2. The standard InChI is InChI=1S/C21H27N3O2/c1-2-7-24-17-6-4-3-5-16(17)22-19(24)23-18(25)20-9-14-8-15(10-20)12-21(26,11-14)13-20/h3-6,14-15,26H,2,7-13H2,1H3,(H,22,23,25)/t14-,15-,20?,21?/m1/s1. The lowest BCUT2D eigenvalue weighted by molar-refractivity contribution is -0.174. The largest absolute Gasteiger partial charge is 0.390 e. The van der Waals surface area contributed by atoms with Crippen LogP contribution in [0.1, 0.15) is 51.9 Å². The highest BCUT2D eigenvalue weighted by Crippen LogP contribution is 2.61. The summed E-state index contributed by atoms with van der Waals surface area (Å²) in [6.45, 7) is 2.97.